The van der Waals surface area contributed by atoms with Crippen LogP contribution in [0.15, 0.2) is 36.9 Å². The number of unbranched alkanes of at least 4 members (excludes halogenated alkanes) is 2. The predicted molar refractivity (Wildman–Crippen MR) is 81.6 cm³/mol. The molecule has 0 saturated heterocycles. The van der Waals surface area contributed by atoms with Crippen LogP contribution in [0.3, 0.4) is 0 Å². The summed E-state index contributed by atoms with van der Waals surface area (Å²) in [6.07, 6.45) is 4.60. The van der Waals surface area contributed by atoms with E-state index in [0.29, 0.717) is 0 Å². The first kappa shape index (κ1) is 18.3. The van der Waals surface area contributed by atoms with Crippen LogP contribution in [0, 0.1) is 0 Å². The summed E-state index contributed by atoms with van der Waals surface area (Å²) in [4.78, 5) is 14.9. The first-order valence-corrected chi connectivity index (χ1v) is 7.45. The molecule has 0 fully saturated rings. The minimum atomic E-state index is -1.62. The second-order valence-corrected chi connectivity index (χ2v) is 4.84. The summed E-state index contributed by atoms with van der Waals surface area (Å²) < 4.78 is 21.8. The van der Waals surface area contributed by atoms with E-state index in [-0.39, 0.29) is 13.2 Å². The summed E-state index contributed by atoms with van der Waals surface area (Å²) in [6.45, 7) is 5.55. The van der Waals surface area contributed by atoms with E-state index in [1.54, 1.807) is 6.92 Å². The number of allylic oxidation sites excluding steroid dienone is 1. The number of carbonyl (C=O) groups is 1. The predicted octanol–water partition coefficient (Wildman–Crippen LogP) is 3.89. The Labute approximate surface area is 130 Å². The first-order chi connectivity index (χ1) is 10.7. The summed E-state index contributed by atoms with van der Waals surface area (Å²) in [5.74, 6) is -0.877. The molecule has 5 heteroatoms. The van der Waals surface area contributed by atoms with Gasteiger partial charge in [-0.1, -0.05) is 30.3 Å². The Morgan fingerprint density at radius 2 is 1.95 bits per heavy atom. The van der Waals surface area contributed by atoms with Gasteiger partial charge >= 0.3 is 5.97 Å². The largest absolute Gasteiger partial charge is 0.457 e. The summed E-state index contributed by atoms with van der Waals surface area (Å²) in [5.41, 5.74) is 2.07. The monoisotopic (exact) mass is 310 g/mol. The number of benzene rings is 1. The zero-order valence-corrected chi connectivity index (χ0v) is 12.9. The van der Waals surface area contributed by atoms with Crippen molar-refractivity contribution < 1.29 is 23.7 Å². The fourth-order valence-corrected chi connectivity index (χ4v) is 1.92. The van der Waals surface area contributed by atoms with E-state index in [4.69, 9.17) is 9.47 Å². The highest BCUT2D eigenvalue weighted by molar-refractivity contribution is 5.73. The Bertz CT molecular complexity index is 444. The van der Waals surface area contributed by atoms with E-state index in [1.165, 1.54) is 5.56 Å². The van der Waals surface area contributed by atoms with E-state index in [1.807, 2.05) is 30.3 Å². The fraction of sp³-hybridized carbons (Fsp3) is 0.471. The van der Waals surface area contributed by atoms with Crippen molar-refractivity contribution in [2.75, 3.05) is 6.61 Å². The molecule has 0 aliphatic rings. The topological polar surface area (TPSA) is 44.8 Å². The van der Waals surface area contributed by atoms with Crippen molar-refractivity contribution in [2.24, 2.45) is 0 Å². The molecule has 0 spiro atoms. The van der Waals surface area contributed by atoms with Crippen LogP contribution in [0.1, 0.15) is 37.3 Å². The minimum Gasteiger partial charge on any atom is -0.457 e. The smallest absolute Gasteiger partial charge is 0.367 e. The van der Waals surface area contributed by atoms with Gasteiger partial charge in [0.1, 0.15) is 6.61 Å². The van der Waals surface area contributed by atoms with Crippen LogP contribution in [0.4, 0.5) is 4.53 Å². The number of carbonyl (C=O) groups excluding carboxylic acids is 1. The van der Waals surface area contributed by atoms with E-state index in [0.717, 1.165) is 31.2 Å². The molecule has 0 aliphatic carbocycles. The van der Waals surface area contributed by atoms with Gasteiger partial charge < -0.3 is 9.47 Å². The Morgan fingerprint density at radius 1 is 1.27 bits per heavy atom. The quantitative estimate of drug-likeness (QED) is 0.269. The van der Waals surface area contributed by atoms with Crippen LogP contribution in [0.25, 0.3) is 0 Å². The molecular formula is C17H23FO4. The average Bonchev–Trinajstić information content (AvgIpc) is 2.55. The number of ether oxygens (including phenoxy) is 2. The standard InChI is InChI=1S/C17H23FO4/c1-3-5-6-7-8-14-9-11-15(12-10-14)13-21-16(19)17(22-18)20-4-2/h3,9-12,17H,1,4-8,13H2,2H3. The van der Waals surface area contributed by atoms with Crippen LogP contribution in [-0.2, 0) is 32.2 Å². The molecule has 1 aromatic rings. The molecule has 0 amide bonds. The number of esters is 1. The summed E-state index contributed by atoms with van der Waals surface area (Å²) in [6, 6.07) is 7.79. The second-order valence-electron chi connectivity index (χ2n) is 4.84. The molecule has 1 aromatic carbocycles. The average molecular weight is 310 g/mol. The summed E-state index contributed by atoms with van der Waals surface area (Å²) >= 11 is 0. The molecule has 122 valence electrons. The van der Waals surface area contributed by atoms with Gasteiger partial charge in [0.25, 0.3) is 6.29 Å². The number of aryl methyl sites for hydroxylation is 1. The van der Waals surface area contributed by atoms with Crippen molar-refractivity contribution in [1.82, 2.24) is 0 Å². The molecule has 1 atom stereocenters. The van der Waals surface area contributed by atoms with E-state index in [9.17, 15) is 9.32 Å². The number of hydrogen-bond acceptors (Lipinski definition) is 4. The van der Waals surface area contributed by atoms with Crippen molar-refractivity contribution in [2.45, 2.75) is 45.5 Å². The van der Waals surface area contributed by atoms with Gasteiger partial charge in [0.15, 0.2) is 0 Å². The SMILES string of the molecule is C=CCCCCc1ccc(COC(=O)C(OF)OCC)cc1. The highest BCUT2D eigenvalue weighted by Crippen LogP contribution is 2.11. The maximum atomic E-state index is 12.1. The van der Waals surface area contributed by atoms with Gasteiger partial charge in [0, 0.05) is 6.61 Å². The van der Waals surface area contributed by atoms with Crippen LogP contribution in [0.2, 0.25) is 0 Å². The summed E-state index contributed by atoms with van der Waals surface area (Å²) in [7, 11) is 0. The van der Waals surface area contributed by atoms with Crippen LogP contribution in [0.5, 0.6) is 0 Å². The third kappa shape index (κ3) is 6.83. The van der Waals surface area contributed by atoms with E-state index >= 15 is 0 Å². The highest BCUT2D eigenvalue weighted by atomic mass is 19.3. The minimum absolute atomic E-state index is 0.0580. The molecular weight excluding hydrogens is 287 g/mol. The molecule has 0 N–H and O–H groups in total. The lowest BCUT2D eigenvalue weighted by Gasteiger charge is -2.11. The highest BCUT2D eigenvalue weighted by Gasteiger charge is 2.22. The van der Waals surface area contributed by atoms with Crippen molar-refractivity contribution in [1.29, 1.82) is 0 Å². The zero-order chi connectivity index (χ0) is 16.2. The van der Waals surface area contributed by atoms with Crippen molar-refractivity contribution in [3.8, 4) is 0 Å². The molecule has 0 aromatic heterocycles. The first-order valence-electron chi connectivity index (χ1n) is 7.45. The van der Waals surface area contributed by atoms with Gasteiger partial charge in [-0.3, -0.25) is 0 Å². The Balaban J connectivity index is 2.37. The third-order valence-electron chi connectivity index (χ3n) is 3.12. The maximum Gasteiger partial charge on any atom is 0.367 e. The lowest BCUT2D eigenvalue weighted by Crippen LogP contribution is -2.27. The molecule has 0 heterocycles. The lowest BCUT2D eigenvalue weighted by molar-refractivity contribution is -0.273. The Hall–Kier alpha value is -1.72. The number of hydrogen-bond donors (Lipinski definition) is 0. The zero-order valence-electron chi connectivity index (χ0n) is 12.9. The van der Waals surface area contributed by atoms with Gasteiger partial charge in [-0.25, -0.2) is 4.79 Å². The molecule has 0 saturated carbocycles. The fourth-order valence-electron chi connectivity index (χ4n) is 1.92. The molecule has 0 bridgehead atoms. The van der Waals surface area contributed by atoms with Gasteiger partial charge in [-0.15, -0.1) is 11.5 Å². The molecule has 1 unspecified atom stereocenters. The Morgan fingerprint density at radius 3 is 2.55 bits per heavy atom. The number of rotatable bonds is 11. The molecule has 4 nitrogen and oxygen atoms in total. The molecule has 22 heavy (non-hydrogen) atoms. The normalized spacial score (nSPS) is 11.9. The van der Waals surface area contributed by atoms with Gasteiger partial charge in [0.05, 0.1) is 0 Å². The Kier molecular flexibility index (Phi) is 9.11. The van der Waals surface area contributed by atoms with E-state index < -0.39 is 12.3 Å². The van der Waals surface area contributed by atoms with Gasteiger partial charge in [-0.05, 0) is 48.3 Å². The molecule has 1 rings (SSSR count). The van der Waals surface area contributed by atoms with Crippen molar-refractivity contribution in [3.05, 3.63) is 48.0 Å². The van der Waals surface area contributed by atoms with Crippen LogP contribution < -0.4 is 0 Å². The molecule has 0 aliphatic heterocycles. The maximum absolute atomic E-state index is 12.1. The number of halogens is 1. The summed E-state index contributed by atoms with van der Waals surface area (Å²) in [5, 5.41) is 0. The van der Waals surface area contributed by atoms with Crippen LogP contribution >= 0.6 is 0 Å². The van der Waals surface area contributed by atoms with Crippen molar-refractivity contribution in [3.63, 3.8) is 0 Å². The van der Waals surface area contributed by atoms with Crippen molar-refractivity contribution >= 4 is 5.97 Å². The molecule has 0 radical (unpaired) electrons. The van der Waals surface area contributed by atoms with Gasteiger partial charge in [0.2, 0.25) is 0 Å². The van der Waals surface area contributed by atoms with Crippen LogP contribution in [-0.4, -0.2) is 18.9 Å². The lowest BCUT2D eigenvalue weighted by atomic mass is 10.1. The second kappa shape index (κ2) is 10.9. The van der Waals surface area contributed by atoms with E-state index in [2.05, 4.69) is 11.5 Å². The van der Waals surface area contributed by atoms with Gasteiger partial charge in [-0.2, -0.15) is 0 Å². The third-order valence-corrected chi connectivity index (χ3v) is 3.12.